The van der Waals surface area contributed by atoms with Crippen molar-refractivity contribution in [2.75, 3.05) is 7.11 Å². The van der Waals surface area contributed by atoms with Crippen LogP contribution in [0.1, 0.15) is 15.9 Å². The zero-order chi connectivity index (χ0) is 16.8. The minimum atomic E-state index is -0.961. The van der Waals surface area contributed by atoms with Crippen molar-refractivity contribution < 1.29 is 23.8 Å². The van der Waals surface area contributed by atoms with Crippen molar-refractivity contribution in [1.82, 2.24) is 5.32 Å². The van der Waals surface area contributed by atoms with Gasteiger partial charge in [0.1, 0.15) is 17.6 Å². The van der Waals surface area contributed by atoms with E-state index in [4.69, 9.17) is 0 Å². The molecular formula is C17H16FNO4. The van der Waals surface area contributed by atoms with E-state index in [9.17, 15) is 19.1 Å². The summed E-state index contributed by atoms with van der Waals surface area (Å²) < 4.78 is 17.9. The number of benzene rings is 2. The van der Waals surface area contributed by atoms with Gasteiger partial charge in [0, 0.05) is 12.0 Å². The molecule has 1 amide bonds. The molecule has 0 saturated carbocycles. The van der Waals surface area contributed by atoms with Crippen LogP contribution in [0.15, 0.2) is 48.5 Å². The topological polar surface area (TPSA) is 75.6 Å². The van der Waals surface area contributed by atoms with Gasteiger partial charge >= 0.3 is 5.97 Å². The summed E-state index contributed by atoms with van der Waals surface area (Å²) >= 11 is 0. The molecule has 0 aliphatic rings. The molecule has 0 radical (unpaired) electrons. The lowest BCUT2D eigenvalue weighted by atomic mass is 10.1. The molecule has 120 valence electrons. The maximum absolute atomic E-state index is 13.2. The molecule has 0 spiro atoms. The number of phenols is 1. The average Bonchev–Trinajstić information content (AvgIpc) is 2.53. The summed E-state index contributed by atoms with van der Waals surface area (Å²) in [5, 5.41) is 11.9. The normalized spacial score (nSPS) is 11.6. The largest absolute Gasteiger partial charge is 0.508 e. The van der Waals surface area contributed by atoms with Crippen molar-refractivity contribution in [2.24, 2.45) is 0 Å². The molecular weight excluding hydrogens is 301 g/mol. The molecule has 0 aliphatic heterocycles. The van der Waals surface area contributed by atoms with Gasteiger partial charge in [-0.2, -0.15) is 0 Å². The summed E-state index contributed by atoms with van der Waals surface area (Å²) in [6, 6.07) is 10.5. The highest BCUT2D eigenvalue weighted by molar-refractivity contribution is 5.97. The first-order chi connectivity index (χ1) is 11.0. The Morgan fingerprint density at radius 2 is 1.96 bits per heavy atom. The number of halogens is 1. The van der Waals surface area contributed by atoms with Crippen molar-refractivity contribution in [3.8, 4) is 5.75 Å². The number of esters is 1. The molecule has 1 atom stereocenters. The molecule has 0 bridgehead atoms. The van der Waals surface area contributed by atoms with E-state index in [-0.39, 0.29) is 17.7 Å². The number of hydrogen-bond acceptors (Lipinski definition) is 4. The van der Waals surface area contributed by atoms with Crippen LogP contribution in [0.25, 0.3) is 0 Å². The standard InChI is InChI=1S/C17H16FNO4/c1-23-17(22)15(9-11-4-2-6-13(18)8-11)19-16(21)12-5-3-7-14(20)10-12/h2-8,10,15,20H,9H2,1H3,(H,19,21)/t15-/m1/s1. The van der Waals surface area contributed by atoms with Gasteiger partial charge in [0.15, 0.2) is 0 Å². The van der Waals surface area contributed by atoms with Gasteiger partial charge < -0.3 is 15.2 Å². The number of aromatic hydroxyl groups is 1. The van der Waals surface area contributed by atoms with Crippen molar-refractivity contribution in [2.45, 2.75) is 12.5 Å². The lowest BCUT2D eigenvalue weighted by Gasteiger charge is -2.17. The number of phenolic OH excluding ortho intramolecular Hbond substituents is 1. The fourth-order valence-electron chi connectivity index (χ4n) is 2.12. The first-order valence-electron chi connectivity index (χ1n) is 6.92. The third-order valence-corrected chi connectivity index (χ3v) is 3.23. The van der Waals surface area contributed by atoms with Gasteiger partial charge in [-0.05, 0) is 35.9 Å². The van der Waals surface area contributed by atoms with Gasteiger partial charge in [0.05, 0.1) is 7.11 Å². The van der Waals surface area contributed by atoms with E-state index in [1.165, 1.54) is 49.6 Å². The van der Waals surface area contributed by atoms with Crippen LogP contribution in [0, 0.1) is 5.82 Å². The molecule has 0 saturated heterocycles. The summed E-state index contributed by atoms with van der Waals surface area (Å²) in [5.41, 5.74) is 0.759. The SMILES string of the molecule is COC(=O)[C@@H](Cc1cccc(F)c1)NC(=O)c1cccc(O)c1. The van der Waals surface area contributed by atoms with E-state index in [1.54, 1.807) is 6.07 Å². The number of carbonyl (C=O) groups excluding carboxylic acids is 2. The highest BCUT2D eigenvalue weighted by Gasteiger charge is 2.23. The van der Waals surface area contributed by atoms with Crippen LogP contribution >= 0.6 is 0 Å². The Morgan fingerprint density at radius 1 is 1.22 bits per heavy atom. The number of hydrogen-bond donors (Lipinski definition) is 2. The minimum absolute atomic E-state index is 0.0580. The fraction of sp³-hybridized carbons (Fsp3) is 0.176. The van der Waals surface area contributed by atoms with Crippen molar-refractivity contribution in [3.63, 3.8) is 0 Å². The van der Waals surface area contributed by atoms with Gasteiger partial charge in [-0.15, -0.1) is 0 Å². The van der Waals surface area contributed by atoms with Crippen LogP contribution in [-0.4, -0.2) is 30.1 Å². The zero-order valence-corrected chi connectivity index (χ0v) is 12.5. The second-order valence-corrected chi connectivity index (χ2v) is 4.93. The highest BCUT2D eigenvalue weighted by atomic mass is 19.1. The third kappa shape index (κ3) is 4.54. The zero-order valence-electron chi connectivity index (χ0n) is 12.5. The van der Waals surface area contributed by atoms with Gasteiger partial charge in [-0.3, -0.25) is 4.79 Å². The van der Waals surface area contributed by atoms with Gasteiger partial charge in [-0.25, -0.2) is 9.18 Å². The van der Waals surface area contributed by atoms with Crippen LogP contribution in [0.2, 0.25) is 0 Å². The predicted molar refractivity (Wildman–Crippen MR) is 81.5 cm³/mol. The first-order valence-corrected chi connectivity index (χ1v) is 6.92. The smallest absolute Gasteiger partial charge is 0.328 e. The van der Waals surface area contributed by atoms with Crippen molar-refractivity contribution in [1.29, 1.82) is 0 Å². The molecule has 2 aromatic rings. The Balaban J connectivity index is 2.15. The fourth-order valence-corrected chi connectivity index (χ4v) is 2.12. The summed E-state index contributed by atoms with van der Waals surface area (Å²) in [7, 11) is 1.21. The summed E-state index contributed by atoms with van der Waals surface area (Å²) in [6.45, 7) is 0. The summed E-state index contributed by atoms with van der Waals surface area (Å²) in [4.78, 5) is 24.0. The lowest BCUT2D eigenvalue weighted by molar-refractivity contribution is -0.142. The molecule has 6 heteroatoms. The Hall–Kier alpha value is -2.89. The van der Waals surface area contributed by atoms with Gasteiger partial charge in [0.25, 0.3) is 5.91 Å². The number of rotatable bonds is 5. The number of ether oxygens (including phenoxy) is 1. The number of carbonyl (C=O) groups is 2. The minimum Gasteiger partial charge on any atom is -0.508 e. The molecule has 23 heavy (non-hydrogen) atoms. The Kier molecular flexibility index (Phi) is 5.30. The summed E-state index contributed by atoms with van der Waals surface area (Å²) in [6.07, 6.45) is 0.0923. The van der Waals surface area contributed by atoms with Crippen molar-refractivity contribution >= 4 is 11.9 Å². The number of amides is 1. The molecule has 2 N–H and O–H groups in total. The molecule has 0 fully saturated rings. The maximum Gasteiger partial charge on any atom is 0.328 e. The quantitative estimate of drug-likeness (QED) is 0.828. The molecule has 0 heterocycles. The van der Waals surface area contributed by atoms with E-state index >= 15 is 0 Å². The Morgan fingerprint density at radius 3 is 2.61 bits per heavy atom. The van der Waals surface area contributed by atoms with Crippen LogP contribution < -0.4 is 5.32 Å². The second kappa shape index (κ2) is 7.40. The predicted octanol–water partition coefficient (Wildman–Crippen LogP) is 2.05. The monoisotopic (exact) mass is 317 g/mol. The van der Waals surface area contributed by atoms with Crippen LogP contribution in [-0.2, 0) is 16.0 Å². The van der Waals surface area contributed by atoms with Crippen LogP contribution in [0.3, 0.4) is 0 Å². The lowest BCUT2D eigenvalue weighted by Crippen LogP contribution is -2.43. The third-order valence-electron chi connectivity index (χ3n) is 3.23. The molecule has 5 nitrogen and oxygen atoms in total. The molecule has 0 aromatic heterocycles. The first kappa shape index (κ1) is 16.5. The van der Waals surface area contributed by atoms with E-state index in [0.717, 1.165) is 0 Å². The van der Waals surface area contributed by atoms with Gasteiger partial charge in [-0.1, -0.05) is 18.2 Å². The van der Waals surface area contributed by atoms with Gasteiger partial charge in [0.2, 0.25) is 0 Å². The Bertz CT molecular complexity index is 717. The van der Waals surface area contributed by atoms with E-state index in [2.05, 4.69) is 10.1 Å². The number of methoxy groups -OCH3 is 1. The van der Waals surface area contributed by atoms with Crippen LogP contribution in [0.4, 0.5) is 4.39 Å². The molecule has 2 aromatic carbocycles. The number of nitrogens with one attached hydrogen (secondary N) is 1. The average molecular weight is 317 g/mol. The molecule has 0 unspecified atom stereocenters. The molecule has 0 aliphatic carbocycles. The van der Waals surface area contributed by atoms with E-state index in [1.807, 2.05) is 0 Å². The molecule has 2 rings (SSSR count). The maximum atomic E-state index is 13.2. The van der Waals surface area contributed by atoms with Crippen molar-refractivity contribution in [3.05, 3.63) is 65.5 Å². The summed E-state index contributed by atoms with van der Waals surface area (Å²) in [5.74, 6) is -1.65. The Labute approximate surface area is 132 Å². The van der Waals surface area contributed by atoms with Crippen LogP contribution in [0.5, 0.6) is 5.75 Å². The second-order valence-electron chi connectivity index (χ2n) is 4.93. The highest BCUT2D eigenvalue weighted by Crippen LogP contribution is 2.12. The van der Waals surface area contributed by atoms with E-state index in [0.29, 0.717) is 5.56 Å². The van der Waals surface area contributed by atoms with E-state index < -0.39 is 23.7 Å².